The zero-order valence-corrected chi connectivity index (χ0v) is 11.2. The molecule has 1 aromatic rings. The second-order valence-electron chi connectivity index (χ2n) is 3.70. The van der Waals surface area contributed by atoms with E-state index in [9.17, 15) is 4.79 Å². The predicted molar refractivity (Wildman–Crippen MR) is 66.9 cm³/mol. The Morgan fingerprint density at radius 2 is 2.25 bits per heavy atom. The van der Waals surface area contributed by atoms with Crippen LogP contribution in [0.3, 0.4) is 0 Å². The fourth-order valence-corrected chi connectivity index (χ4v) is 2.39. The first kappa shape index (κ1) is 13.5. The van der Waals surface area contributed by atoms with E-state index < -0.39 is 0 Å². The van der Waals surface area contributed by atoms with Crippen LogP contribution < -0.4 is 5.32 Å². The molecule has 0 amide bonds. The largest absolute Gasteiger partial charge is 0.469 e. The van der Waals surface area contributed by atoms with Gasteiger partial charge in [-0.25, -0.2) is 0 Å². The quantitative estimate of drug-likeness (QED) is 0.829. The summed E-state index contributed by atoms with van der Waals surface area (Å²) in [6.45, 7) is 4.49. The second kappa shape index (κ2) is 6.23. The van der Waals surface area contributed by atoms with Crippen molar-refractivity contribution in [3.05, 3.63) is 21.3 Å². The van der Waals surface area contributed by atoms with Gasteiger partial charge in [0.05, 0.1) is 17.4 Å². The van der Waals surface area contributed by atoms with Crippen LogP contribution in [0.25, 0.3) is 0 Å². The summed E-state index contributed by atoms with van der Waals surface area (Å²) in [5.74, 6) is -0.327. The fraction of sp³-hybridized carbons (Fsp3) is 0.545. The molecule has 0 aliphatic carbocycles. The van der Waals surface area contributed by atoms with Crippen LogP contribution in [0.5, 0.6) is 0 Å². The minimum Gasteiger partial charge on any atom is -0.469 e. The molecule has 0 aliphatic heterocycles. The van der Waals surface area contributed by atoms with Gasteiger partial charge in [-0.2, -0.15) is 0 Å². The van der Waals surface area contributed by atoms with Crippen molar-refractivity contribution in [1.29, 1.82) is 0 Å². The van der Waals surface area contributed by atoms with Gasteiger partial charge in [-0.05, 0) is 19.1 Å². The summed E-state index contributed by atoms with van der Waals surface area (Å²) in [6, 6.07) is 4.07. The molecule has 16 heavy (non-hydrogen) atoms. The molecule has 5 heteroatoms. The number of esters is 1. The summed E-state index contributed by atoms with van der Waals surface area (Å²) in [5.41, 5.74) is 0. The van der Waals surface area contributed by atoms with Crippen molar-refractivity contribution in [3.63, 3.8) is 0 Å². The molecule has 0 bridgehead atoms. The van der Waals surface area contributed by atoms with Gasteiger partial charge < -0.3 is 10.1 Å². The minimum absolute atomic E-state index is 0.136. The zero-order chi connectivity index (χ0) is 12.1. The normalized spacial score (nSPS) is 14.5. The van der Waals surface area contributed by atoms with E-state index >= 15 is 0 Å². The average molecular weight is 262 g/mol. The van der Waals surface area contributed by atoms with Crippen LogP contribution in [0, 0.1) is 5.92 Å². The van der Waals surface area contributed by atoms with Crippen LogP contribution in [0.15, 0.2) is 12.1 Å². The number of carbonyl (C=O) groups excluding carboxylic acids is 1. The third-order valence-electron chi connectivity index (χ3n) is 2.35. The lowest BCUT2D eigenvalue weighted by molar-refractivity contribution is -0.144. The lowest BCUT2D eigenvalue weighted by Gasteiger charge is -2.15. The highest BCUT2D eigenvalue weighted by molar-refractivity contribution is 7.16. The van der Waals surface area contributed by atoms with Crippen LogP contribution in [-0.4, -0.2) is 19.6 Å². The second-order valence-corrected chi connectivity index (χ2v) is 5.44. The number of methoxy groups -OCH3 is 1. The molecule has 2 unspecified atom stereocenters. The number of ether oxygens (including phenoxy) is 1. The van der Waals surface area contributed by atoms with Gasteiger partial charge in [-0.15, -0.1) is 11.3 Å². The number of halogens is 1. The number of carbonyl (C=O) groups is 1. The van der Waals surface area contributed by atoms with E-state index in [1.807, 2.05) is 26.0 Å². The molecule has 0 spiro atoms. The maximum atomic E-state index is 11.2. The SMILES string of the molecule is COC(=O)C(C)CNC(C)c1ccc(Cl)s1. The molecule has 0 aromatic carbocycles. The Labute approximate surface area is 105 Å². The van der Waals surface area contributed by atoms with Crippen molar-refractivity contribution >= 4 is 28.9 Å². The van der Waals surface area contributed by atoms with E-state index in [0.717, 1.165) is 4.34 Å². The van der Waals surface area contributed by atoms with Crippen molar-refractivity contribution in [2.75, 3.05) is 13.7 Å². The first-order valence-electron chi connectivity index (χ1n) is 5.11. The smallest absolute Gasteiger partial charge is 0.309 e. The first-order valence-corrected chi connectivity index (χ1v) is 6.30. The van der Waals surface area contributed by atoms with Gasteiger partial charge in [0.25, 0.3) is 0 Å². The Morgan fingerprint density at radius 3 is 2.75 bits per heavy atom. The van der Waals surface area contributed by atoms with E-state index in [1.54, 1.807) is 11.3 Å². The maximum Gasteiger partial charge on any atom is 0.309 e. The van der Waals surface area contributed by atoms with Crippen molar-refractivity contribution < 1.29 is 9.53 Å². The minimum atomic E-state index is -0.191. The number of nitrogens with one attached hydrogen (secondary N) is 1. The molecule has 2 atom stereocenters. The van der Waals surface area contributed by atoms with Gasteiger partial charge in [0.1, 0.15) is 0 Å². The molecule has 0 saturated carbocycles. The molecule has 0 aliphatic rings. The number of rotatable bonds is 5. The Bertz CT molecular complexity index is 354. The van der Waals surface area contributed by atoms with E-state index in [0.29, 0.717) is 6.54 Å². The monoisotopic (exact) mass is 261 g/mol. The Morgan fingerprint density at radius 1 is 1.56 bits per heavy atom. The van der Waals surface area contributed by atoms with E-state index in [1.165, 1.54) is 12.0 Å². The molecule has 90 valence electrons. The molecule has 0 fully saturated rings. The van der Waals surface area contributed by atoms with Crippen molar-refractivity contribution in [2.45, 2.75) is 19.9 Å². The topological polar surface area (TPSA) is 38.3 Å². The number of hydrogen-bond acceptors (Lipinski definition) is 4. The Hall–Kier alpha value is -0.580. The molecule has 1 rings (SSSR count). The number of hydrogen-bond donors (Lipinski definition) is 1. The number of thiophene rings is 1. The molecule has 1 heterocycles. The summed E-state index contributed by atoms with van der Waals surface area (Å²) in [5, 5.41) is 3.28. The van der Waals surface area contributed by atoms with Crippen molar-refractivity contribution in [2.24, 2.45) is 5.92 Å². The molecule has 3 nitrogen and oxygen atoms in total. The van der Waals surface area contributed by atoms with Crippen LogP contribution >= 0.6 is 22.9 Å². The lowest BCUT2D eigenvalue weighted by atomic mass is 10.1. The molecule has 1 N–H and O–H groups in total. The van der Waals surface area contributed by atoms with Crippen LogP contribution in [0.4, 0.5) is 0 Å². The highest BCUT2D eigenvalue weighted by atomic mass is 35.5. The Balaban J connectivity index is 2.41. The third kappa shape index (κ3) is 3.77. The van der Waals surface area contributed by atoms with E-state index in [-0.39, 0.29) is 17.9 Å². The summed E-state index contributed by atoms with van der Waals surface area (Å²) in [7, 11) is 1.40. The summed E-state index contributed by atoms with van der Waals surface area (Å²) in [4.78, 5) is 12.4. The van der Waals surface area contributed by atoms with Crippen LogP contribution in [0.2, 0.25) is 4.34 Å². The molecule has 0 radical (unpaired) electrons. The Kier molecular flexibility index (Phi) is 5.25. The van der Waals surface area contributed by atoms with Crippen molar-refractivity contribution in [3.8, 4) is 0 Å². The first-order chi connectivity index (χ1) is 7.54. The standard InChI is InChI=1S/C11H16ClNO2S/c1-7(11(14)15-3)6-13-8(2)9-4-5-10(12)16-9/h4-5,7-8,13H,6H2,1-3H3. The molecular formula is C11H16ClNO2S. The van der Waals surface area contributed by atoms with Crippen molar-refractivity contribution in [1.82, 2.24) is 5.32 Å². The van der Waals surface area contributed by atoms with Gasteiger partial charge in [0, 0.05) is 17.5 Å². The average Bonchev–Trinajstić information content (AvgIpc) is 2.71. The maximum absolute atomic E-state index is 11.2. The summed E-state index contributed by atoms with van der Waals surface area (Å²) >= 11 is 7.41. The fourth-order valence-electron chi connectivity index (χ4n) is 1.30. The summed E-state index contributed by atoms with van der Waals surface area (Å²) < 4.78 is 5.44. The zero-order valence-electron chi connectivity index (χ0n) is 9.62. The van der Waals surface area contributed by atoms with Gasteiger partial charge in [-0.3, -0.25) is 4.79 Å². The molecule has 1 aromatic heterocycles. The third-order valence-corrected chi connectivity index (χ3v) is 3.77. The predicted octanol–water partition coefficient (Wildman–Crippen LogP) is 2.86. The highest BCUT2D eigenvalue weighted by Crippen LogP contribution is 2.26. The molecule has 0 saturated heterocycles. The summed E-state index contributed by atoms with van der Waals surface area (Å²) in [6.07, 6.45) is 0. The van der Waals surface area contributed by atoms with Gasteiger partial charge in [0.2, 0.25) is 0 Å². The van der Waals surface area contributed by atoms with E-state index in [4.69, 9.17) is 11.6 Å². The lowest BCUT2D eigenvalue weighted by Crippen LogP contribution is -2.29. The van der Waals surface area contributed by atoms with Gasteiger partial charge in [0.15, 0.2) is 0 Å². The van der Waals surface area contributed by atoms with Gasteiger partial charge >= 0.3 is 5.97 Å². The highest BCUT2D eigenvalue weighted by Gasteiger charge is 2.15. The van der Waals surface area contributed by atoms with E-state index in [2.05, 4.69) is 10.1 Å². The van der Waals surface area contributed by atoms with Crippen LogP contribution in [0.1, 0.15) is 24.8 Å². The van der Waals surface area contributed by atoms with Crippen LogP contribution in [-0.2, 0) is 9.53 Å². The van der Waals surface area contributed by atoms with Gasteiger partial charge in [-0.1, -0.05) is 18.5 Å². The molecular weight excluding hydrogens is 246 g/mol.